The van der Waals surface area contributed by atoms with E-state index in [-0.39, 0.29) is 23.9 Å². The molecule has 0 saturated heterocycles. The molecule has 4 rings (SSSR count). The molecule has 1 atom stereocenters. The average Bonchev–Trinajstić information content (AvgIpc) is 2.90. The maximum atomic E-state index is 12.8. The summed E-state index contributed by atoms with van der Waals surface area (Å²) in [6, 6.07) is 16.0. The molecule has 1 amide bonds. The number of methoxy groups -OCH3 is 1. The standard InChI is InChI=1S/C25H26ClN7O4S/c1-14(28)25(34)29-16-8-7-15(13-27)22(11-16)33(38(35)36)24-23(30-19-5-3-4-6-20(19)32-24)31-21-12-17(37-2)9-10-18(21)26/h3-12,14,38H,13,27-28H2,1-2H3,(H,29,34)(H,30,31)/t14-/m0/s1. The number of aromatic nitrogens is 2. The van der Waals surface area contributed by atoms with Crippen LogP contribution in [0.15, 0.2) is 60.7 Å². The van der Waals surface area contributed by atoms with Gasteiger partial charge in [0.25, 0.3) is 0 Å². The highest BCUT2D eigenvalue weighted by molar-refractivity contribution is 7.74. The van der Waals surface area contributed by atoms with Crippen molar-refractivity contribution >= 4 is 68.1 Å². The van der Waals surface area contributed by atoms with Crippen molar-refractivity contribution in [3.63, 3.8) is 0 Å². The minimum Gasteiger partial charge on any atom is -0.497 e. The molecule has 0 aliphatic rings. The highest BCUT2D eigenvalue weighted by Gasteiger charge is 2.24. The smallest absolute Gasteiger partial charge is 0.240 e. The third-order valence-electron chi connectivity index (χ3n) is 5.56. The van der Waals surface area contributed by atoms with Gasteiger partial charge < -0.3 is 26.8 Å². The lowest BCUT2D eigenvalue weighted by atomic mass is 10.1. The molecule has 0 unspecified atom stereocenters. The third-order valence-corrected chi connectivity index (χ3v) is 6.62. The number of anilines is 5. The van der Waals surface area contributed by atoms with Crippen LogP contribution in [0.4, 0.5) is 28.7 Å². The summed E-state index contributed by atoms with van der Waals surface area (Å²) < 4.78 is 31.9. The summed E-state index contributed by atoms with van der Waals surface area (Å²) in [6.45, 7) is 1.56. The van der Waals surface area contributed by atoms with Crippen molar-refractivity contribution in [2.45, 2.75) is 19.5 Å². The number of carbonyl (C=O) groups excluding carboxylic acids is 1. The topological polar surface area (TPSA) is 166 Å². The molecule has 3 aromatic carbocycles. The Morgan fingerprint density at radius 1 is 1.11 bits per heavy atom. The highest BCUT2D eigenvalue weighted by atomic mass is 35.5. The first-order valence-corrected chi connectivity index (χ1v) is 12.9. The molecular weight excluding hydrogens is 530 g/mol. The van der Waals surface area contributed by atoms with Crippen LogP contribution in [0, 0.1) is 0 Å². The van der Waals surface area contributed by atoms with Gasteiger partial charge in [0.15, 0.2) is 11.6 Å². The van der Waals surface area contributed by atoms with Gasteiger partial charge in [-0.2, -0.15) is 0 Å². The number of thiol groups is 1. The molecule has 0 saturated carbocycles. The normalized spacial score (nSPS) is 11.8. The summed E-state index contributed by atoms with van der Waals surface area (Å²) in [7, 11) is -1.79. The van der Waals surface area contributed by atoms with Crippen molar-refractivity contribution in [2.75, 3.05) is 22.0 Å². The number of hydrogen-bond donors (Lipinski definition) is 5. The fourth-order valence-corrected chi connectivity index (χ4v) is 4.44. The number of carbonyl (C=O) groups is 1. The number of fused-ring (bicyclic) bond motifs is 1. The number of nitrogens with one attached hydrogen (secondary N) is 2. The molecule has 1 aromatic heterocycles. The summed E-state index contributed by atoms with van der Waals surface area (Å²) >= 11 is 6.41. The molecule has 198 valence electrons. The predicted octanol–water partition coefficient (Wildman–Crippen LogP) is 3.44. The van der Waals surface area contributed by atoms with E-state index in [9.17, 15) is 13.2 Å². The zero-order chi connectivity index (χ0) is 27.4. The van der Waals surface area contributed by atoms with Crippen LogP contribution in [0.5, 0.6) is 5.75 Å². The van der Waals surface area contributed by atoms with Crippen molar-refractivity contribution in [3.05, 3.63) is 71.2 Å². The quantitative estimate of drug-likeness (QED) is 0.194. The second-order valence-corrected chi connectivity index (χ2v) is 9.51. The van der Waals surface area contributed by atoms with E-state index < -0.39 is 22.8 Å². The summed E-state index contributed by atoms with van der Waals surface area (Å²) in [5.41, 5.74) is 14.1. The van der Waals surface area contributed by atoms with E-state index in [4.69, 9.17) is 27.8 Å². The van der Waals surface area contributed by atoms with E-state index in [1.807, 2.05) is 0 Å². The average molecular weight is 556 g/mol. The number of rotatable bonds is 9. The fourth-order valence-electron chi connectivity index (χ4n) is 3.62. The number of ether oxygens (including phenoxy) is 1. The number of hydrogen-bond acceptors (Lipinski definition) is 9. The van der Waals surface area contributed by atoms with Crippen LogP contribution in [-0.4, -0.2) is 37.4 Å². The second kappa shape index (κ2) is 11.6. The number of para-hydroxylation sites is 2. The van der Waals surface area contributed by atoms with Gasteiger partial charge in [0.2, 0.25) is 16.8 Å². The van der Waals surface area contributed by atoms with Gasteiger partial charge in [-0.25, -0.2) is 22.7 Å². The molecule has 38 heavy (non-hydrogen) atoms. The Labute approximate surface area is 225 Å². The fraction of sp³-hybridized carbons (Fsp3) is 0.160. The van der Waals surface area contributed by atoms with Crippen molar-refractivity contribution in [1.82, 2.24) is 9.97 Å². The molecule has 0 aliphatic carbocycles. The Balaban J connectivity index is 1.92. The van der Waals surface area contributed by atoms with E-state index >= 15 is 0 Å². The lowest BCUT2D eigenvalue weighted by Crippen LogP contribution is -2.32. The number of benzene rings is 3. The van der Waals surface area contributed by atoms with Crippen LogP contribution in [0.25, 0.3) is 11.0 Å². The number of halogens is 1. The molecule has 0 fully saturated rings. The Kier molecular flexibility index (Phi) is 8.27. The van der Waals surface area contributed by atoms with Crippen molar-refractivity contribution < 1.29 is 17.9 Å². The summed E-state index contributed by atoms with van der Waals surface area (Å²) in [4.78, 5) is 21.5. The highest BCUT2D eigenvalue weighted by Crippen LogP contribution is 2.38. The van der Waals surface area contributed by atoms with Crippen molar-refractivity contribution in [1.29, 1.82) is 0 Å². The summed E-state index contributed by atoms with van der Waals surface area (Å²) in [5, 5.41) is 6.13. The van der Waals surface area contributed by atoms with Gasteiger partial charge in [-0.3, -0.25) is 4.79 Å². The van der Waals surface area contributed by atoms with Crippen LogP contribution in [0.1, 0.15) is 12.5 Å². The summed E-state index contributed by atoms with van der Waals surface area (Å²) in [6.07, 6.45) is 0. The third kappa shape index (κ3) is 5.78. The lowest BCUT2D eigenvalue weighted by Gasteiger charge is -2.23. The van der Waals surface area contributed by atoms with E-state index in [2.05, 4.69) is 20.6 Å². The van der Waals surface area contributed by atoms with E-state index in [1.54, 1.807) is 54.6 Å². The first kappa shape index (κ1) is 27.1. The van der Waals surface area contributed by atoms with Gasteiger partial charge in [0.05, 0.1) is 40.6 Å². The number of nitrogens with zero attached hydrogens (tertiary/aromatic N) is 3. The van der Waals surface area contributed by atoms with E-state index in [0.717, 1.165) is 4.31 Å². The maximum absolute atomic E-state index is 12.8. The molecule has 4 aromatic rings. The molecule has 0 bridgehead atoms. The van der Waals surface area contributed by atoms with E-state index in [0.29, 0.717) is 38.7 Å². The molecular formula is C25H26ClN7O4S. The molecule has 0 aliphatic heterocycles. The Bertz CT molecular complexity index is 1570. The number of amides is 1. The zero-order valence-corrected chi connectivity index (χ0v) is 22.2. The zero-order valence-electron chi connectivity index (χ0n) is 20.5. The Hall–Kier alpha value is -3.97. The van der Waals surface area contributed by atoms with Gasteiger partial charge >= 0.3 is 0 Å². The van der Waals surface area contributed by atoms with Crippen molar-refractivity contribution in [3.8, 4) is 5.75 Å². The molecule has 13 heteroatoms. The van der Waals surface area contributed by atoms with Gasteiger partial charge in [-0.05, 0) is 48.9 Å². The van der Waals surface area contributed by atoms with Crippen LogP contribution in [0.2, 0.25) is 5.02 Å². The molecule has 0 radical (unpaired) electrons. The minimum absolute atomic E-state index is 0.0159. The minimum atomic E-state index is -3.31. The van der Waals surface area contributed by atoms with Crippen LogP contribution in [0.3, 0.4) is 0 Å². The van der Waals surface area contributed by atoms with Gasteiger partial charge in [-0.15, -0.1) is 0 Å². The van der Waals surface area contributed by atoms with Gasteiger partial charge in [0.1, 0.15) is 5.75 Å². The SMILES string of the molecule is COc1ccc(Cl)c(Nc2nc3ccccc3nc2N(c2cc(NC(=O)[C@H](C)N)ccc2CN)[SH](=O)=O)c1. The van der Waals surface area contributed by atoms with Gasteiger partial charge in [0, 0.05) is 18.3 Å². The molecule has 11 nitrogen and oxygen atoms in total. The van der Waals surface area contributed by atoms with Gasteiger partial charge in [-0.1, -0.05) is 29.8 Å². The van der Waals surface area contributed by atoms with Crippen LogP contribution in [-0.2, 0) is 22.2 Å². The second-order valence-electron chi connectivity index (χ2n) is 8.23. The van der Waals surface area contributed by atoms with Crippen LogP contribution < -0.4 is 31.1 Å². The van der Waals surface area contributed by atoms with Crippen LogP contribution >= 0.6 is 11.6 Å². The monoisotopic (exact) mass is 555 g/mol. The molecule has 6 N–H and O–H groups in total. The number of nitrogens with two attached hydrogens (primary N) is 2. The first-order valence-electron chi connectivity index (χ1n) is 11.4. The van der Waals surface area contributed by atoms with Crippen molar-refractivity contribution in [2.24, 2.45) is 11.5 Å². The molecule has 0 spiro atoms. The Morgan fingerprint density at radius 3 is 2.45 bits per heavy atom. The maximum Gasteiger partial charge on any atom is 0.240 e. The molecule has 1 heterocycles. The van der Waals surface area contributed by atoms with E-state index in [1.165, 1.54) is 20.1 Å². The summed E-state index contributed by atoms with van der Waals surface area (Å²) in [5.74, 6) is 0.187. The Morgan fingerprint density at radius 2 is 1.82 bits per heavy atom. The predicted molar refractivity (Wildman–Crippen MR) is 150 cm³/mol. The first-order chi connectivity index (χ1) is 18.2. The largest absolute Gasteiger partial charge is 0.497 e. The lowest BCUT2D eigenvalue weighted by molar-refractivity contribution is -0.117.